The molecule has 0 radical (unpaired) electrons. The molecule has 0 bridgehead atoms. The van der Waals surface area contributed by atoms with Gasteiger partial charge in [-0.2, -0.15) is 4.37 Å². The summed E-state index contributed by atoms with van der Waals surface area (Å²) in [6, 6.07) is 14.5. The summed E-state index contributed by atoms with van der Waals surface area (Å²) in [5.74, 6) is -0.468. The molecule has 2 aromatic carbocycles. The molecule has 2 heterocycles. The number of ether oxygens (including phenoxy) is 1. The van der Waals surface area contributed by atoms with Gasteiger partial charge in [0.15, 0.2) is 0 Å². The van der Waals surface area contributed by atoms with Crippen LogP contribution in [0.1, 0.15) is 33.7 Å². The summed E-state index contributed by atoms with van der Waals surface area (Å²) in [7, 11) is 0. The van der Waals surface area contributed by atoms with E-state index in [-0.39, 0.29) is 17.9 Å². The Labute approximate surface area is 160 Å². The molecular weight excluding hydrogens is 362 g/mol. The van der Waals surface area contributed by atoms with Gasteiger partial charge < -0.3 is 15.4 Å². The number of benzene rings is 2. The van der Waals surface area contributed by atoms with E-state index in [1.165, 1.54) is 11.5 Å². The molecule has 2 amide bonds. The minimum absolute atomic E-state index is 0.0924. The van der Waals surface area contributed by atoms with Crippen LogP contribution in [0.5, 0.6) is 0 Å². The second-order valence-electron chi connectivity index (χ2n) is 6.41. The number of fused-ring (bicyclic) bond motifs is 1. The second kappa shape index (κ2) is 7.85. The van der Waals surface area contributed by atoms with E-state index in [9.17, 15) is 9.59 Å². The number of carbonyl (C=O) groups excluding carboxylic acids is 2. The van der Waals surface area contributed by atoms with Crippen molar-refractivity contribution in [3.63, 3.8) is 0 Å². The van der Waals surface area contributed by atoms with Crippen molar-refractivity contribution in [2.24, 2.45) is 0 Å². The lowest BCUT2D eigenvalue weighted by Crippen LogP contribution is -2.31. The van der Waals surface area contributed by atoms with Gasteiger partial charge in [-0.15, -0.1) is 0 Å². The second-order valence-corrected chi connectivity index (χ2v) is 7.21. The van der Waals surface area contributed by atoms with E-state index >= 15 is 0 Å². The normalized spacial score (nSPS) is 16.4. The molecule has 4 rings (SSSR count). The number of nitrogens with one attached hydrogen (secondary N) is 2. The quantitative estimate of drug-likeness (QED) is 0.709. The van der Waals surface area contributed by atoms with Gasteiger partial charge in [-0.1, -0.05) is 24.3 Å². The van der Waals surface area contributed by atoms with Gasteiger partial charge in [0.25, 0.3) is 11.8 Å². The lowest BCUT2D eigenvalue weighted by Gasteiger charge is -2.11. The van der Waals surface area contributed by atoms with Crippen LogP contribution in [-0.4, -0.2) is 35.4 Å². The number of anilines is 1. The van der Waals surface area contributed by atoms with Crippen molar-refractivity contribution in [2.45, 2.75) is 18.9 Å². The molecule has 1 aromatic heterocycles. The SMILES string of the molecule is O=C(NCC1CCCO1)c1cccc(NC(=O)c2nsc3ccccc23)c1. The van der Waals surface area contributed by atoms with Gasteiger partial charge in [-0.25, -0.2) is 0 Å². The Morgan fingerprint density at radius 1 is 1.15 bits per heavy atom. The molecule has 1 fully saturated rings. The van der Waals surface area contributed by atoms with Gasteiger partial charge >= 0.3 is 0 Å². The van der Waals surface area contributed by atoms with Crippen molar-refractivity contribution < 1.29 is 14.3 Å². The zero-order valence-electron chi connectivity index (χ0n) is 14.6. The zero-order valence-corrected chi connectivity index (χ0v) is 15.4. The highest BCUT2D eigenvalue weighted by atomic mass is 32.1. The topological polar surface area (TPSA) is 80.3 Å². The molecule has 27 heavy (non-hydrogen) atoms. The van der Waals surface area contributed by atoms with Crippen LogP contribution in [-0.2, 0) is 4.74 Å². The van der Waals surface area contributed by atoms with Gasteiger partial charge in [0.05, 0.1) is 10.8 Å². The Morgan fingerprint density at radius 3 is 2.89 bits per heavy atom. The number of hydrogen-bond acceptors (Lipinski definition) is 5. The van der Waals surface area contributed by atoms with Crippen molar-refractivity contribution in [3.8, 4) is 0 Å². The number of carbonyl (C=O) groups is 2. The summed E-state index contributed by atoms with van der Waals surface area (Å²) in [5, 5.41) is 6.54. The number of rotatable bonds is 5. The lowest BCUT2D eigenvalue weighted by molar-refractivity contribution is 0.0857. The summed E-state index contributed by atoms with van der Waals surface area (Å²) >= 11 is 1.29. The van der Waals surface area contributed by atoms with Gasteiger partial charge in [-0.05, 0) is 48.6 Å². The first-order valence-corrected chi connectivity index (χ1v) is 9.64. The van der Waals surface area contributed by atoms with Crippen LogP contribution in [0.4, 0.5) is 5.69 Å². The maximum Gasteiger partial charge on any atom is 0.276 e. The molecule has 2 N–H and O–H groups in total. The number of amides is 2. The molecule has 138 valence electrons. The Hall–Kier alpha value is -2.77. The first-order chi connectivity index (χ1) is 13.2. The third-order valence-electron chi connectivity index (χ3n) is 4.49. The van der Waals surface area contributed by atoms with E-state index in [2.05, 4.69) is 15.0 Å². The average Bonchev–Trinajstić information content (AvgIpc) is 3.36. The van der Waals surface area contributed by atoms with Crippen LogP contribution in [0.15, 0.2) is 48.5 Å². The number of hydrogen-bond donors (Lipinski definition) is 2. The maximum atomic E-state index is 12.6. The minimum Gasteiger partial charge on any atom is -0.376 e. The van der Waals surface area contributed by atoms with E-state index in [1.807, 2.05) is 24.3 Å². The fourth-order valence-corrected chi connectivity index (χ4v) is 3.87. The van der Waals surface area contributed by atoms with Gasteiger partial charge in [0.1, 0.15) is 5.69 Å². The Balaban J connectivity index is 1.44. The third-order valence-corrected chi connectivity index (χ3v) is 5.32. The molecule has 1 aliphatic rings. The van der Waals surface area contributed by atoms with Crippen molar-refractivity contribution in [1.29, 1.82) is 0 Å². The molecule has 1 atom stereocenters. The highest BCUT2D eigenvalue weighted by Gasteiger charge is 2.18. The monoisotopic (exact) mass is 381 g/mol. The van der Waals surface area contributed by atoms with Crippen LogP contribution in [0.25, 0.3) is 10.1 Å². The molecular formula is C20H19N3O3S. The molecule has 6 nitrogen and oxygen atoms in total. The molecule has 0 saturated carbocycles. The minimum atomic E-state index is -0.288. The average molecular weight is 381 g/mol. The van der Waals surface area contributed by atoms with Crippen LogP contribution in [0.2, 0.25) is 0 Å². The maximum absolute atomic E-state index is 12.6. The van der Waals surface area contributed by atoms with Gasteiger partial charge in [-0.3, -0.25) is 9.59 Å². The van der Waals surface area contributed by atoms with Crippen LogP contribution < -0.4 is 10.6 Å². The Kier molecular flexibility index (Phi) is 5.13. The predicted octanol–water partition coefficient (Wildman–Crippen LogP) is 3.46. The van der Waals surface area contributed by atoms with E-state index in [0.717, 1.165) is 29.5 Å². The molecule has 0 aliphatic carbocycles. The number of aromatic nitrogens is 1. The summed E-state index contributed by atoms with van der Waals surface area (Å²) in [6.45, 7) is 1.26. The van der Waals surface area contributed by atoms with Crippen LogP contribution in [0.3, 0.4) is 0 Å². The van der Waals surface area contributed by atoms with Crippen molar-refractivity contribution in [2.75, 3.05) is 18.5 Å². The fourth-order valence-electron chi connectivity index (χ4n) is 3.09. The summed E-state index contributed by atoms with van der Waals surface area (Å²) < 4.78 is 10.7. The highest BCUT2D eigenvalue weighted by molar-refractivity contribution is 7.13. The smallest absolute Gasteiger partial charge is 0.276 e. The summed E-state index contributed by atoms with van der Waals surface area (Å²) in [5.41, 5.74) is 1.44. The summed E-state index contributed by atoms with van der Waals surface area (Å²) in [4.78, 5) is 24.9. The zero-order chi connectivity index (χ0) is 18.6. The van der Waals surface area contributed by atoms with E-state index in [4.69, 9.17) is 4.74 Å². The molecule has 1 unspecified atom stereocenters. The largest absolute Gasteiger partial charge is 0.376 e. The van der Waals surface area contributed by atoms with Crippen molar-refractivity contribution in [3.05, 3.63) is 59.8 Å². The molecule has 1 aliphatic heterocycles. The van der Waals surface area contributed by atoms with E-state index < -0.39 is 0 Å². The standard InChI is InChI=1S/C20H19N3O3S/c24-19(21-12-15-7-4-10-26-15)13-5-3-6-14(11-13)22-20(25)18-16-8-1-2-9-17(16)27-23-18/h1-3,5-6,8-9,11,15H,4,7,10,12H2,(H,21,24)(H,22,25). The Morgan fingerprint density at radius 2 is 2.04 bits per heavy atom. The van der Waals surface area contributed by atoms with E-state index in [0.29, 0.717) is 23.5 Å². The first kappa shape index (κ1) is 17.6. The first-order valence-electron chi connectivity index (χ1n) is 8.86. The predicted molar refractivity (Wildman–Crippen MR) is 105 cm³/mol. The Bertz CT molecular complexity index is 979. The van der Waals surface area contributed by atoms with E-state index in [1.54, 1.807) is 24.3 Å². The number of nitrogens with zero attached hydrogens (tertiary/aromatic N) is 1. The van der Waals surface area contributed by atoms with Crippen molar-refractivity contribution in [1.82, 2.24) is 9.69 Å². The lowest BCUT2D eigenvalue weighted by atomic mass is 10.1. The third kappa shape index (κ3) is 3.99. The molecule has 0 spiro atoms. The highest BCUT2D eigenvalue weighted by Crippen LogP contribution is 2.23. The van der Waals surface area contributed by atoms with Crippen LogP contribution >= 0.6 is 11.5 Å². The fraction of sp³-hybridized carbons (Fsp3) is 0.250. The van der Waals surface area contributed by atoms with Gasteiger partial charge in [0.2, 0.25) is 0 Å². The van der Waals surface area contributed by atoms with Crippen LogP contribution in [0, 0.1) is 0 Å². The summed E-state index contributed by atoms with van der Waals surface area (Å²) in [6.07, 6.45) is 2.10. The molecule has 3 aromatic rings. The van der Waals surface area contributed by atoms with Crippen molar-refractivity contribution >= 4 is 39.1 Å². The molecule has 7 heteroatoms. The van der Waals surface area contributed by atoms with Gasteiger partial charge in [0, 0.05) is 29.8 Å². The molecule has 1 saturated heterocycles.